The summed E-state index contributed by atoms with van der Waals surface area (Å²) in [4.78, 5) is 27.3. The second-order valence-electron chi connectivity index (χ2n) is 9.56. The zero-order chi connectivity index (χ0) is 17.6. The average Bonchev–Trinajstić information content (AvgIpc) is 2.52. The molecule has 25 heavy (non-hydrogen) atoms. The summed E-state index contributed by atoms with van der Waals surface area (Å²) in [6, 6.07) is -0.506. The minimum absolute atomic E-state index is 0.0397. The van der Waals surface area contributed by atoms with Gasteiger partial charge in [-0.25, -0.2) is 4.79 Å². The largest absolute Gasteiger partial charge is 0.332 e. The normalized spacial score (nSPS) is 41.4. The van der Waals surface area contributed by atoms with Crippen LogP contribution in [0.3, 0.4) is 0 Å². The first kappa shape index (κ1) is 17.3. The maximum Gasteiger partial charge on any atom is 0.321 e. The molecule has 5 heteroatoms. The van der Waals surface area contributed by atoms with Gasteiger partial charge >= 0.3 is 6.03 Å². The SMILES string of the molecule is C[C@H]1CCCN([C@@H](C)C(=O)NC(=O)NC23CC4CC(CC(C4)C2)C3)C1. The third-order valence-electron chi connectivity index (χ3n) is 7.27. The molecule has 3 amide bonds. The van der Waals surface area contributed by atoms with Gasteiger partial charge in [-0.1, -0.05) is 6.92 Å². The van der Waals surface area contributed by atoms with Crippen LogP contribution in [0.5, 0.6) is 0 Å². The molecule has 2 N–H and O–H groups in total. The predicted molar refractivity (Wildman–Crippen MR) is 97.0 cm³/mol. The molecule has 2 atom stereocenters. The first-order chi connectivity index (χ1) is 11.9. The van der Waals surface area contributed by atoms with Crippen molar-refractivity contribution in [2.75, 3.05) is 13.1 Å². The summed E-state index contributed by atoms with van der Waals surface area (Å²) in [6.45, 7) is 6.06. The van der Waals surface area contributed by atoms with Crippen molar-refractivity contribution in [1.29, 1.82) is 0 Å². The molecule has 4 saturated carbocycles. The molecule has 5 rings (SSSR count). The fourth-order valence-electron chi connectivity index (χ4n) is 6.50. The number of imide groups is 1. The molecule has 0 radical (unpaired) electrons. The van der Waals surface area contributed by atoms with Crippen LogP contribution < -0.4 is 10.6 Å². The molecule has 4 aliphatic carbocycles. The molecular formula is C20H33N3O2. The lowest BCUT2D eigenvalue weighted by Gasteiger charge is -2.56. The van der Waals surface area contributed by atoms with Crippen molar-refractivity contribution in [3.05, 3.63) is 0 Å². The quantitative estimate of drug-likeness (QED) is 0.825. The van der Waals surface area contributed by atoms with Gasteiger partial charge in [0.25, 0.3) is 0 Å². The lowest BCUT2D eigenvalue weighted by atomic mass is 9.53. The van der Waals surface area contributed by atoms with Crippen molar-refractivity contribution in [3.63, 3.8) is 0 Å². The van der Waals surface area contributed by atoms with Crippen LogP contribution in [-0.4, -0.2) is 41.5 Å². The minimum Gasteiger partial charge on any atom is -0.332 e. The molecule has 0 aromatic rings. The molecule has 1 saturated heterocycles. The van der Waals surface area contributed by atoms with Crippen LogP contribution in [-0.2, 0) is 4.79 Å². The number of carbonyl (C=O) groups excluding carboxylic acids is 2. The lowest BCUT2D eigenvalue weighted by molar-refractivity contribution is -0.125. The number of nitrogens with one attached hydrogen (secondary N) is 2. The Morgan fingerprint density at radius 1 is 1.08 bits per heavy atom. The standard InChI is InChI=1S/C20H33N3O2/c1-13-4-3-5-23(12-13)14(2)18(24)21-19(25)22-20-9-15-6-16(10-20)8-17(7-15)11-20/h13-17H,3-12H2,1-2H3,(H2,21,22,24,25)/t13-,14-,15?,16?,17?,20?/m0/s1. The van der Waals surface area contributed by atoms with Crippen molar-refractivity contribution in [1.82, 2.24) is 15.5 Å². The van der Waals surface area contributed by atoms with E-state index in [2.05, 4.69) is 22.5 Å². The smallest absolute Gasteiger partial charge is 0.321 e. The maximum absolute atomic E-state index is 12.5. The van der Waals surface area contributed by atoms with Crippen LogP contribution in [0.25, 0.3) is 0 Å². The van der Waals surface area contributed by atoms with E-state index in [0.717, 1.165) is 56.5 Å². The molecule has 1 heterocycles. The topological polar surface area (TPSA) is 61.4 Å². The molecule has 5 nitrogen and oxygen atoms in total. The van der Waals surface area contributed by atoms with E-state index in [1.807, 2.05) is 6.92 Å². The highest BCUT2D eigenvalue weighted by molar-refractivity contribution is 5.97. The lowest BCUT2D eigenvalue weighted by Crippen LogP contribution is -2.62. The Labute approximate surface area is 151 Å². The monoisotopic (exact) mass is 347 g/mol. The highest BCUT2D eigenvalue weighted by atomic mass is 16.2. The van der Waals surface area contributed by atoms with Crippen LogP contribution in [0.1, 0.15) is 65.2 Å². The van der Waals surface area contributed by atoms with E-state index in [4.69, 9.17) is 0 Å². The molecule has 1 aliphatic heterocycles. The molecule has 0 spiro atoms. The molecule has 140 valence electrons. The molecule has 0 unspecified atom stereocenters. The van der Waals surface area contributed by atoms with E-state index in [1.165, 1.54) is 25.7 Å². The first-order valence-corrected chi connectivity index (χ1v) is 10.3. The van der Waals surface area contributed by atoms with Gasteiger partial charge in [-0.15, -0.1) is 0 Å². The number of urea groups is 1. The molecule has 0 aromatic heterocycles. The summed E-state index contributed by atoms with van der Waals surface area (Å²) in [5.74, 6) is 2.84. The maximum atomic E-state index is 12.5. The van der Waals surface area contributed by atoms with Crippen molar-refractivity contribution in [2.24, 2.45) is 23.7 Å². The van der Waals surface area contributed by atoms with Gasteiger partial charge in [0.1, 0.15) is 0 Å². The van der Waals surface area contributed by atoms with Crippen LogP contribution in [0.15, 0.2) is 0 Å². The Hall–Kier alpha value is -1.10. The van der Waals surface area contributed by atoms with Gasteiger partial charge in [-0.3, -0.25) is 15.0 Å². The molecule has 4 bridgehead atoms. The van der Waals surface area contributed by atoms with E-state index in [1.54, 1.807) is 0 Å². The van der Waals surface area contributed by atoms with Crippen LogP contribution in [0.2, 0.25) is 0 Å². The zero-order valence-electron chi connectivity index (χ0n) is 15.7. The van der Waals surface area contributed by atoms with Crippen molar-refractivity contribution >= 4 is 11.9 Å². The summed E-state index contributed by atoms with van der Waals surface area (Å²) in [6.07, 6.45) is 9.76. The number of nitrogens with zero attached hydrogens (tertiary/aromatic N) is 1. The summed E-state index contributed by atoms with van der Waals surface area (Å²) in [7, 11) is 0. The molecule has 5 fully saturated rings. The van der Waals surface area contributed by atoms with E-state index >= 15 is 0 Å². The summed E-state index contributed by atoms with van der Waals surface area (Å²) >= 11 is 0. The molecule has 5 aliphatic rings. The van der Waals surface area contributed by atoms with Gasteiger partial charge in [0.2, 0.25) is 5.91 Å². The van der Waals surface area contributed by atoms with Gasteiger partial charge < -0.3 is 5.32 Å². The van der Waals surface area contributed by atoms with E-state index < -0.39 is 0 Å². The Morgan fingerprint density at radius 2 is 1.68 bits per heavy atom. The minimum atomic E-state index is -0.274. The fourth-order valence-corrected chi connectivity index (χ4v) is 6.50. The summed E-state index contributed by atoms with van der Waals surface area (Å²) in [5.41, 5.74) is -0.0397. The number of likely N-dealkylation sites (tertiary alicyclic amines) is 1. The van der Waals surface area contributed by atoms with Crippen molar-refractivity contribution in [2.45, 2.75) is 76.8 Å². The Bertz CT molecular complexity index is 512. The second kappa shape index (κ2) is 6.57. The third-order valence-corrected chi connectivity index (χ3v) is 7.27. The van der Waals surface area contributed by atoms with Crippen molar-refractivity contribution in [3.8, 4) is 0 Å². The van der Waals surface area contributed by atoms with E-state index in [-0.39, 0.29) is 23.5 Å². The number of hydrogen-bond donors (Lipinski definition) is 2. The van der Waals surface area contributed by atoms with E-state index in [9.17, 15) is 9.59 Å². The van der Waals surface area contributed by atoms with Gasteiger partial charge in [-0.05, 0) is 88.5 Å². The van der Waals surface area contributed by atoms with E-state index in [0.29, 0.717) is 5.92 Å². The van der Waals surface area contributed by atoms with Gasteiger partial charge in [0.15, 0.2) is 0 Å². The zero-order valence-corrected chi connectivity index (χ0v) is 15.7. The van der Waals surface area contributed by atoms with Gasteiger partial charge in [0.05, 0.1) is 6.04 Å². The number of piperidine rings is 1. The summed E-state index contributed by atoms with van der Waals surface area (Å²) < 4.78 is 0. The molecule has 0 aromatic carbocycles. The van der Waals surface area contributed by atoms with Crippen LogP contribution in [0.4, 0.5) is 4.79 Å². The average molecular weight is 348 g/mol. The Balaban J connectivity index is 1.32. The first-order valence-electron chi connectivity index (χ1n) is 10.3. The van der Waals surface area contributed by atoms with Gasteiger partial charge in [-0.2, -0.15) is 0 Å². The fraction of sp³-hybridized carbons (Fsp3) is 0.900. The number of hydrogen-bond acceptors (Lipinski definition) is 3. The number of carbonyl (C=O) groups is 2. The highest BCUT2D eigenvalue weighted by Gasteiger charge is 2.51. The third kappa shape index (κ3) is 3.57. The second-order valence-corrected chi connectivity index (χ2v) is 9.56. The van der Waals surface area contributed by atoms with Crippen molar-refractivity contribution < 1.29 is 9.59 Å². The number of amides is 3. The Kier molecular flexibility index (Phi) is 4.55. The summed E-state index contributed by atoms with van der Waals surface area (Å²) in [5, 5.41) is 5.87. The molecular weight excluding hydrogens is 314 g/mol. The Morgan fingerprint density at radius 3 is 2.24 bits per heavy atom. The highest BCUT2D eigenvalue weighted by Crippen LogP contribution is 2.55. The van der Waals surface area contributed by atoms with Gasteiger partial charge in [0, 0.05) is 12.1 Å². The number of rotatable bonds is 3. The van der Waals surface area contributed by atoms with Crippen LogP contribution in [0, 0.1) is 23.7 Å². The predicted octanol–water partition coefficient (Wildman–Crippen LogP) is 2.90. The van der Waals surface area contributed by atoms with Crippen LogP contribution >= 0.6 is 0 Å².